The summed E-state index contributed by atoms with van der Waals surface area (Å²) in [6, 6.07) is 9.76. The largest absolute Gasteiger partial charge is 0.445 e. The molecule has 1 heterocycles. The molecule has 1 aromatic carbocycles. The van der Waals surface area contributed by atoms with Crippen molar-refractivity contribution in [2.45, 2.75) is 25.5 Å². The van der Waals surface area contributed by atoms with Gasteiger partial charge in [-0.15, -0.1) is 0 Å². The molecule has 0 N–H and O–H groups in total. The molecule has 1 aliphatic heterocycles. The fourth-order valence-electron chi connectivity index (χ4n) is 2.21. The fourth-order valence-corrected chi connectivity index (χ4v) is 2.29. The molecule has 1 aromatic rings. The van der Waals surface area contributed by atoms with E-state index in [1.54, 1.807) is 4.90 Å². The molecule has 0 spiro atoms. The van der Waals surface area contributed by atoms with E-state index in [0.29, 0.717) is 13.2 Å². The number of aliphatic imine (C=N–C) groups is 1. The minimum absolute atomic E-state index is 0.0960. The second-order valence-electron chi connectivity index (χ2n) is 4.46. The van der Waals surface area contributed by atoms with Crippen LogP contribution in [0.5, 0.6) is 0 Å². The first-order valence-electron chi connectivity index (χ1n) is 6.32. The van der Waals surface area contributed by atoms with Crippen LogP contribution in [0.25, 0.3) is 0 Å². The maximum atomic E-state index is 12.0. The summed E-state index contributed by atoms with van der Waals surface area (Å²) in [6.07, 6.45) is 1.66. The van der Waals surface area contributed by atoms with Crippen LogP contribution in [0.4, 0.5) is 4.79 Å². The number of isothiocyanates is 1. The Morgan fingerprint density at radius 1 is 1.47 bits per heavy atom. The van der Waals surface area contributed by atoms with Gasteiger partial charge in [0.25, 0.3) is 0 Å². The number of amides is 1. The third-order valence-corrected chi connectivity index (χ3v) is 3.31. The first-order valence-corrected chi connectivity index (χ1v) is 6.73. The van der Waals surface area contributed by atoms with Gasteiger partial charge < -0.3 is 9.64 Å². The third-order valence-electron chi connectivity index (χ3n) is 3.18. The van der Waals surface area contributed by atoms with E-state index in [4.69, 9.17) is 4.74 Å². The summed E-state index contributed by atoms with van der Waals surface area (Å²) < 4.78 is 5.32. The molecule has 0 saturated carbocycles. The van der Waals surface area contributed by atoms with Crippen LogP contribution >= 0.6 is 12.2 Å². The van der Waals surface area contributed by atoms with Crippen LogP contribution in [-0.2, 0) is 11.3 Å². The van der Waals surface area contributed by atoms with Crippen molar-refractivity contribution in [3.63, 3.8) is 0 Å². The number of hydrogen-bond donors (Lipinski definition) is 0. The summed E-state index contributed by atoms with van der Waals surface area (Å²) in [4.78, 5) is 17.7. The van der Waals surface area contributed by atoms with Crippen LogP contribution in [0.2, 0.25) is 0 Å². The predicted molar refractivity (Wildman–Crippen MR) is 76.2 cm³/mol. The quantitative estimate of drug-likeness (QED) is 0.627. The summed E-state index contributed by atoms with van der Waals surface area (Å²) in [5.41, 5.74) is 0.989. The minimum Gasteiger partial charge on any atom is -0.445 e. The van der Waals surface area contributed by atoms with Crippen molar-refractivity contribution in [2.24, 2.45) is 4.99 Å². The van der Waals surface area contributed by atoms with Crippen molar-refractivity contribution < 1.29 is 9.53 Å². The van der Waals surface area contributed by atoms with Gasteiger partial charge in [-0.05, 0) is 30.6 Å². The van der Waals surface area contributed by atoms with Gasteiger partial charge in [0.15, 0.2) is 0 Å². The van der Waals surface area contributed by atoms with E-state index in [1.165, 1.54) is 0 Å². The molecular weight excluding hydrogens is 260 g/mol. The Bertz CT molecular complexity index is 472. The first kappa shape index (κ1) is 13.7. The Balaban J connectivity index is 1.86. The van der Waals surface area contributed by atoms with Crippen LogP contribution < -0.4 is 0 Å². The lowest BCUT2D eigenvalue weighted by molar-refractivity contribution is 0.0932. The molecule has 4 nitrogen and oxygen atoms in total. The fraction of sp³-hybridized carbons (Fsp3) is 0.429. The van der Waals surface area contributed by atoms with Crippen LogP contribution in [-0.4, -0.2) is 35.3 Å². The Morgan fingerprint density at radius 2 is 2.26 bits per heavy atom. The monoisotopic (exact) mass is 276 g/mol. The normalized spacial score (nSPS) is 17.9. The highest BCUT2D eigenvalue weighted by molar-refractivity contribution is 7.78. The number of carbonyl (C=O) groups is 1. The molecule has 1 saturated heterocycles. The molecule has 1 fully saturated rings. The second-order valence-corrected chi connectivity index (χ2v) is 4.64. The maximum Gasteiger partial charge on any atom is 0.410 e. The Hall–Kier alpha value is -1.71. The number of thiocarbonyl (C=S) groups is 1. The van der Waals surface area contributed by atoms with Crippen LogP contribution in [0, 0.1) is 0 Å². The molecule has 100 valence electrons. The average Bonchev–Trinajstić information content (AvgIpc) is 2.92. The molecule has 1 amide bonds. The lowest BCUT2D eigenvalue weighted by Gasteiger charge is -2.22. The number of ether oxygens (including phenoxy) is 1. The number of likely N-dealkylation sites (tertiary alicyclic amines) is 1. The highest BCUT2D eigenvalue weighted by Gasteiger charge is 2.29. The maximum absolute atomic E-state index is 12.0. The van der Waals surface area contributed by atoms with Crippen molar-refractivity contribution in [1.29, 1.82) is 0 Å². The van der Waals surface area contributed by atoms with E-state index < -0.39 is 0 Å². The SMILES string of the molecule is O=C(OCc1ccccc1)N1CCC[C@H]1CN=C=S. The van der Waals surface area contributed by atoms with Crippen LogP contribution in [0.1, 0.15) is 18.4 Å². The Morgan fingerprint density at radius 3 is 3.00 bits per heavy atom. The van der Waals surface area contributed by atoms with Gasteiger partial charge in [0.05, 0.1) is 17.7 Å². The number of nitrogens with zero attached hydrogens (tertiary/aromatic N) is 2. The topological polar surface area (TPSA) is 41.9 Å². The van der Waals surface area contributed by atoms with Crippen molar-refractivity contribution in [3.05, 3.63) is 35.9 Å². The zero-order chi connectivity index (χ0) is 13.5. The van der Waals surface area contributed by atoms with Gasteiger partial charge in [-0.1, -0.05) is 30.3 Å². The summed E-state index contributed by atoms with van der Waals surface area (Å²) in [6.45, 7) is 1.55. The number of rotatable bonds is 4. The van der Waals surface area contributed by atoms with Gasteiger partial charge in [0.2, 0.25) is 0 Å². The summed E-state index contributed by atoms with van der Waals surface area (Å²) >= 11 is 4.55. The van der Waals surface area contributed by atoms with Gasteiger partial charge in [-0.25, -0.2) is 9.79 Å². The zero-order valence-corrected chi connectivity index (χ0v) is 11.4. The van der Waals surface area contributed by atoms with Crippen molar-refractivity contribution >= 4 is 23.5 Å². The highest BCUT2D eigenvalue weighted by atomic mass is 32.1. The molecule has 0 bridgehead atoms. The predicted octanol–water partition coefficient (Wildman–Crippen LogP) is 2.89. The number of benzene rings is 1. The first-order chi connectivity index (χ1) is 9.31. The summed E-state index contributed by atoms with van der Waals surface area (Å²) in [7, 11) is 0. The van der Waals surface area contributed by atoms with E-state index in [2.05, 4.69) is 22.4 Å². The van der Waals surface area contributed by atoms with E-state index in [9.17, 15) is 4.79 Å². The summed E-state index contributed by atoms with van der Waals surface area (Å²) in [5, 5.41) is 2.34. The average molecular weight is 276 g/mol. The van der Waals surface area contributed by atoms with E-state index in [0.717, 1.165) is 24.9 Å². The van der Waals surface area contributed by atoms with Gasteiger partial charge in [0.1, 0.15) is 6.61 Å². The van der Waals surface area contributed by atoms with Crippen molar-refractivity contribution in [2.75, 3.05) is 13.1 Å². The molecule has 1 aliphatic rings. The van der Waals surface area contributed by atoms with Gasteiger partial charge in [0, 0.05) is 6.54 Å². The van der Waals surface area contributed by atoms with Gasteiger partial charge in [-0.2, -0.15) is 0 Å². The Labute approximate surface area is 118 Å². The summed E-state index contributed by atoms with van der Waals surface area (Å²) in [5.74, 6) is 0. The van der Waals surface area contributed by atoms with Crippen molar-refractivity contribution in [3.8, 4) is 0 Å². The van der Waals surface area contributed by atoms with Crippen LogP contribution in [0.3, 0.4) is 0 Å². The standard InChI is InChI=1S/C14H16N2O2S/c17-14(18-10-12-5-2-1-3-6-12)16-8-4-7-13(16)9-15-11-19/h1-3,5-6,13H,4,7-10H2/t13-/m0/s1. The lowest BCUT2D eigenvalue weighted by Crippen LogP contribution is -2.37. The molecule has 2 rings (SSSR count). The molecule has 0 radical (unpaired) electrons. The molecule has 19 heavy (non-hydrogen) atoms. The van der Waals surface area contributed by atoms with Crippen molar-refractivity contribution in [1.82, 2.24) is 4.90 Å². The lowest BCUT2D eigenvalue weighted by atomic mass is 10.2. The molecule has 1 atom stereocenters. The van der Waals surface area contributed by atoms with Crippen LogP contribution in [0.15, 0.2) is 35.3 Å². The molecular formula is C14H16N2O2S. The van der Waals surface area contributed by atoms with Gasteiger partial charge in [-0.3, -0.25) is 0 Å². The number of hydrogen-bond acceptors (Lipinski definition) is 4. The smallest absolute Gasteiger partial charge is 0.410 e. The zero-order valence-electron chi connectivity index (χ0n) is 10.6. The third kappa shape index (κ3) is 3.88. The molecule has 0 unspecified atom stereocenters. The molecule has 0 aliphatic carbocycles. The van der Waals surface area contributed by atoms with E-state index in [1.807, 2.05) is 30.3 Å². The highest BCUT2D eigenvalue weighted by Crippen LogP contribution is 2.19. The molecule has 5 heteroatoms. The second kappa shape index (κ2) is 7.02. The molecule has 0 aromatic heterocycles. The number of carbonyl (C=O) groups excluding carboxylic acids is 1. The Kier molecular flexibility index (Phi) is 5.07. The van der Waals surface area contributed by atoms with E-state index in [-0.39, 0.29) is 12.1 Å². The minimum atomic E-state index is -0.272. The van der Waals surface area contributed by atoms with Gasteiger partial charge >= 0.3 is 6.09 Å². The van der Waals surface area contributed by atoms with E-state index >= 15 is 0 Å².